The summed E-state index contributed by atoms with van der Waals surface area (Å²) in [5.74, 6) is 0. The molecule has 2 aromatic carbocycles. The van der Waals surface area contributed by atoms with Gasteiger partial charge in [0.2, 0.25) is 0 Å². The van der Waals surface area contributed by atoms with Crippen LogP contribution in [-0.4, -0.2) is 4.98 Å². The molecular weight excluding hydrogens is 254 g/mol. The summed E-state index contributed by atoms with van der Waals surface area (Å²) in [7, 11) is 0. The molecule has 1 nitrogen and oxygen atoms in total. The second kappa shape index (κ2) is 4.91. The third-order valence-corrected chi connectivity index (χ3v) is 5.40. The van der Waals surface area contributed by atoms with Crippen LogP contribution < -0.4 is 0 Å². The number of hydrogen-bond donors (Lipinski definition) is 1. The Kier molecular flexibility index (Phi) is 3.02. The van der Waals surface area contributed by atoms with Crippen LogP contribution in [-0.2, 0) is 5.41 Å². The summed E-state index contributed by atoms with van der Waals surface area (Å²) in [5.41, 5.74) is 4.48. The van der Waals surface area contributed by atoms with Crippen LogP contribution in [0.3, 0.4) is 0 Å². The van der Waals surface area contributed by atoms with Gasteiger partial charge < -0.3 is 4.98 Å². The maximum Gasteiger partial charge on any atom is 0.0503 e. The quantitative estimate of drug-likeness (QED) is 0.530. The topological polar surface area (TPSA) is 15.8 Å². The summed E-state index contributed by atoms with van der Waals surface area (Å²) >= 11 is 0. The Bertz CT molecular complexity index is 773. The summed E-state index contributed by atoms with van der Waals surface area (Å²) in [6, 6.07) is 15.5. The molecule has 0 bridgehead atoms. The number of hydrogen-bond acceptors (Lipinski definition) is 0. The summed E-state index contributed by atoms with van der Waals surface area (Å²) in [6.07, 6.45) is 8.18. The van der Waals surface area contributed by atoms with Crippen LogP contribution in [0.25, 0.3) is 21.8 Å². The molecule has 0 saturated heterocycles. The van der Waals surface area contributed by atoms with E-state index < -0.39 is 0 Å². The normalized spacial score (nSPS) is 18.9. The molecule has 0 amide bonds. The average Bonchev–Trinajstić information content (AvgIpc) is 2.75. The van der Waals surface area contributed by atoms with E-state index in [1.54, 1.807) is 0 Å². The van der Waals surface area contributed by atoms with Gasteiger partial charge >= 0.3 is 0 Å². The zero-order valence-corrected chi connectivity index (χ0v) is 12.8. The van der Waals surface area contributed by atoms with Crippen LogP contribution in [0.2, 0.25) is 0 Å². The molecular formula is C20H23N. The lowest BCUT2D eigenvalue weighted by Gasteiger charge is -2.29. The molecule has 1 aliphatic rings. The monoisotopic (exact) mass is 277 g/mol. The number of para-hydroxylation sites is 2. The van der Waals surface area contributed by atoms with Crippen LogP contribution in [0.15, 0.2) is 42.5 Å². The molecule has 1 N–H and O–H groups in total. The summed E-state index contributed by atoms with van der Waals surface area (Å²) in [6.45, 7) is 2.47. The van der Waals surface area contributed by atoms with Crippen molar-refractivity contribution in [3.05, 3.63) is 48.0 Å². The fourth-order valence-electron chi connectivity index (χ4n) is 4.15. The van der Waals surface area contributed by atoms with Crippen molar-refractivity contribution in [3.63, 3.8) is 0 Å². The highest BCUT2D eigenvalue weighted by Gasteiger charge is 2.29. The molecule has 1 aromatic heterocycles. The van der Waals surface area contributed by atoms with Crippen LogP contribution in [0, 0.1) is 0 Å². The highest BCUT2D eigenvalue weighted by molar-refractivity contribution is 6.08. The summed E-state index contributed by atoms with van der Waals surface area (Å²) in [5, 5.41) is 2.74. The maximum absolute atomic E-state index is 3.69. The number of aromatic nitrogens is 1. The minimum atomic E-state index is 0.330. The van der Waals surface area contributed by atoms with Gasteiger partial charge in [0.25, 0.3) is 0 Å². The van der Waals surface area contributed by atoms with Gasteiger partial charge in [-0.15, -0.1) is 0 Å². The number of rotatable bonds is 1. The predicted octanol–water partition coefficient (Wildman–Crippen LogP) is 5.93. The van der Waals surface area contributed by atoms with Crippen LogP contribution >= 0.6 is 0 Å². The number of aromatic amines is 1. The third kappa shape index (κ3) is 2.07. The van der Waals surface area contributed by atoms with Gasteiger partial charge in [-0.1, -0.05) is 69.0 Å². The first-order valence-electron chi connectivity index (χ1n) is 8.28. The molecule has 1 fully saturated rings. The van der Waals surface area contributed by atoms with Gasteiger partial charge in [0.15, 0.2) is 0 Å². The number of benzene rings is 2. The third-order valence-electron chi connectivity index (χ3n) is 5.40. The van der Waals surface area contributed by atoms with Gasteiger partial charge in [0.05, 0.1) is 5.52 Å². The fourth-order valence-corrected chi connectivity index (χ4v) is 4.15. The van der Waals surface area contributed by atoms with Gasteiger partial charge in [-0.05, 0) is 29.9 Å². The Morgan fingerprint density at radius 1 is 0.810 bits per heavy atom. The van der Waals surface area contributed by atoms with Crippen molar-refractivity contribution in [3.8, 4) is 0 Å². The van der Waals surface area contributed by atoms with E-state index in [9.17, 15) is 0 Å². The van der Waals surface area contributed by atoms with Gasteiger partial charge in [-0.2, -0.15) is 0 Å². The van der Waals surface area contributed by atoms with Crippen LogP contribution in [0.1, 0.15) is 51.0 Å². The molecule has 3 aromatic rings. The van der Waals surface area contributed by atoms with Crippen molar-refractivity contribution in [2.24, 2.45) is 0 Å². The Labute approximate surface area is 126 Å². The van der Waals surface area contributed by atoms with Crippen molar-refractivity contribution >= 4 is 21.8 Å². The molecule has 0 spiro atoms. The average molecular weight is 277 g/mol. The van der Waals surface area contributed by atoms with Crippen molar-refractivity contribution in [2.45, 2.75) is 50.9 Å². The maximum atomic E-state index is 3.69. The zero-order chi connectivity index (χ0) is 14.3. The van der Waals surface area contributed by atoms with Crippen LogP contribution in [0.5, 0.6) is 0 Å². The smallest absolute Gasteiger partial charge is 0.0503 e. The zero-order valence-electron chi connectivity index (χ0n) is 12.8. The molecule has 4 rings (SSSR count). The molecule has 0 unspecified atom stereocenters. The van der Waals surface area contributed by atoms with E-state index in [1.165, 1.54) is 65.9 Å². The SMILES string of the molecule is CC1(c2cccc3c2[nH]c2ccccc23)CCCCCC1. The predicted molar refractivity (Wildman–Crippen MR) is 90.9 cm³/mol. The molecule has 1 aliphatic carbocycles. The molecule has 1 heterocycles. The van der Waals surface area contributed by atoms with Gasteiger partial charge in [0, 0.05) is 16.3 Å². The molecule has 108 valence electrons. The lowest BCUT2D eigenvalue weighted by Crippen LogP contribution is -2.21. The summed E-state index contributed by atoms with van der Waals surface area (Å²) < 4.78 is 0. The van der Waals surface area contributed by atoms with Gasteiger partial charge in [-0.3, -0.25) is 0 Å². The highest BCUT2D eigenvalue weighted by atomic mass is 14.7. The minimum Gasteiger partial charge on any atom is -0.354 e. The van der Waals surface area contributed by atoms with E-state index in [4.69, 9.17) is 0 Å². The Morgan fingerprint density at radius 3 is 2.33 bits per heavy atom. The molecule has 21 heavy (non-hydrogen) atoms. The Hall–Kier alpha value is -1.76. The fraction of sp³-hybridized carbons (Fsp3) is 0.400. The Balaban J connectivity index is 1.96. The van der Waals surface area contributed by atoms with Crippen molar-refractivity contribution in [1.82, 2.24) is 4.98 Å². The second-order valence-electron chi connectivity index (χ2n) is 6.87. The van der Waals surface area contributed by atoms with E-state index in [1.807, 2.05) is 0 Å². The largest absolute Gasteiger partial charge is 0.354 e. The molecule has 0 atom stereocenters. The van der Waals surface area contributed by atoms with Crippen molar-refractivity contribution in [2.75, 3.05) is 0 Å². The number of nitrogens with one attached hydrogen (secondary N) is 1. The lowest BCUT2D eigenvalue weighted by atomic mass is 9.75. The van der Waals surface area contributed by atoms with Crippen molar-refractivity contribution < 1.29 is 0 Å². The second-order valence-corrected chi connectivity index (χ2v) is 6.87. The van der Waals surface area contributed by atoms with Crippen LogP contribution in [0.4, 0.5) is 0 Å². The summed E-state index contributed by atoms with van der Waals surface area (Å²) in [4.78, 5) is 3.69. The Morgan fingerprint density at radius 2 is 1.52 bits per heavy atom. The molecule has 0 aliphatic heterocycles. The molecule has 1 heteroatoms. The van der Waals surface area contributed by atoms with E-state index >= 15 is 0 Å². The van der Waals surface area contributed by atoms with Gasteiger partial charge in [0.1, 0.15) is 0 Å². The van der Waals surface area contributed by atoms with E-state index in [-0.39, 0.29) is 0 Å². The standard InChI is InChI=1S/C20H23N/c1-20(13-6-2-3-7-14-20)17-11-8-10-16-15-9-4-5-12-18(15)21-19(16)17/h4-5,8-12,21H,2-3,6-7,13-14H2,1H3. The number of H-pyrrole nitrogens is 1. The van der Waals surface area contributed by atoms with E-state index in [2.05, 4.69) is 54.4 Å². The van der Waals surface area contributed by atoms with Gasteiger partial charge in [-0.25, -0.2) is 0 Å². The lowest BCUT2D eigenvalue weighted by molar-refractivity contribution is 0.412. The molecule has 0 radical (unpaired) electrons. The first-order chi connectivity index (χ1) is 10.3. The van der Waals surface area contributed by atoms with Crippen molar-refractivity contribution in [1.29, 1.82) is 0 Å². The minimum absolute atomic E-state index is 0.330. The molecule has 1 saturated carbocycles. The van der Waals surface area contributed by atoms with E-state index in [0.717, 1.165) is 0 Å². The highest BCUT2D eigenvalue weighted by Crippen LogP contribution is 2.41. The number of fused-ring (bicyclic) bond motifs is 3. The first-order valence-corrected chi connectivity index (χ1v) is 8.28. The first kappa shape index (κ1) is 12.9. The van der Waals surface area contributed by atoms with E-state index in [0.29, 0.717) is 5.41 Å².